The molecule has 9 heavy (non-hydrogen) atoms. The molecule has 50 valence electrons. The number of hydrogen-bond donors (Lipinski definition) is 2. The van der Waals surface area contributed by atoms with E-state index in [0.717, 1.165) is 12.3 Å². The van der Waals surface area contributed by atoms with E-state index in [0.29, 0.717) is 0 Å². The van der Waals surface area contributed by atoms with Gasteiger partial charge in [-0.25, -0.2) is 0 Å². The Balaban J connectivity index is 3.64. The van der Waals surface area contributed by atoms with Gasteiger partial charge in [0.05, 0.1) is 0 Å². The zero-order valence-corrected chi connectivity index (χ0v) is 5.05. The summed E-state index contributed by atoms with van der Waals surface area (Å²) in [6.07, 6.45) is 2.14. The van der Waals surface area contributed by atoms with Crippen LogP contribution in [0.15, 0.2) is 12.3 Å². The van der Waals surface area contributed by atoms with Crippen molar-refractivity contribution < 1.29 is 9.59 Å². The van der Waals surface area contributed by atoms with Crippen molar-refractivity contribution in [3.8, 4) is 0 Å². The van der Waals surface area contributed by atoms with Crippen molar-refractivity contribution >= 4 is 11.8 Å². The molecule has 0 radical (unpaired) electrons. The van der Waals surface area contributed by atoms with Crippen molar-refractivity contribution in [2.75, 3.05) is 0 Å². The van der Waals surface area contributed by atoms with Gasteiger partial charge in [-0.3, -0.25) is 14.9 Å². The molecular weight excluding hydrogens is 120 g/mol. The summed E-state index contributed by atoms with van der Waals surface area (Å²) in [4.78, 5) is 20.5. The number of nitrogens with one attached hydrogen (secondary N) is 1. The second kappa shape index (κ2) is 3.65. The van der Waals surface area contributed by atoms with Gasteiger partial charge >= 0.3 is 0 Å². The molecule has 0 aromatic carbocycles. The third-order valence-electron chi connectivity index (χ3n) is 0.547. The van der Waals surface area contributed by atoms with E-state index in [9.17, 15) is 9.59 Å². The molecule has 0 saturated carbocycles. The van der Waals surface area contributed by atoms with Crippen molar-refractivity contribution in [1.82, 2.24) is 5.32 Å². The molecule has 0 aromatic heterocycles. The molecule has 0 spiro atoms. The molecule has 0 rings (SSSR count). The molecule has 3 N–H and O–H groups in total. The molecule has 0 aromatic rings. The van der Waals surface area contributed by atoms with Gasteiger partial charge in [-0.2, -0.15) is 0 Å². The molecule has 2 amide bonds. The van der Waals surface area contributed by atoms with E-state index >= 15 is 0 Å². The highest BCUT2D eigenvalue weighted by molar-refractivity contribution is 5.99. The summed E-state index contributed by atoms with van der Waals surface area (Å²) >= 11 is 0. The predicted octanol–water partition coefficient (Wildman–Crippen LogP) is -0.878. The van der Waals surface area contributed by atoms with Crippen LogP contribution in [0.5, 0.6) is 0 Å². The highest BCUT2D eigenvalue weighted by Gasteiger charge is 1.94. The van der Waals surface area contributed by atoms with Gasteiger partial charge in [-0.1, -0.05) is 0 Å². The van der Waals surface area contributed by atoms with E-state index in [-0.39, 0.29) is 0 Å². The minimum atomic E-state index is -0.495. The van der Waals surface area contributed by atoms with Crippen LogP contribution in [0.1, 0.15) is 6.92 Å². The maximum Gasteiger partial charge on any atom is 0.251 e. The van der Waals surface area contributed by atoms with Gasteiger partial charge in [0.25, 0.3) is 5.91 Å². The zero-order valence-electron chi connectivity index (χ0n) is 5.05. The fourth-order valence-electron chi connectivity index (χ4n) is 0.303. The van der Waals surface area contributed by atoms with Crippen LogP contribution < -0.4 is 11.1 Å². The van der Waals surface area contributed by atoms with Crippen LogP contribution in [0.25, 0.3) is 0 Å². The normalized spacial score (nSPS) is 9.44. The Morgan fingerprint density at radius 3 is 2.44 bits per heavy atom. The van der Waals surface area contributed by atoms with Crippen LogP contribution in [0.4, 0.5) is 0 Å². The first kappa shape index (κ1) is 7.68. The van der Waals surface area contributed by atoms with Gasteiger partial charge in [-0.05, 0) is 6.20 Å². The fourth-order valence-corrected chi connectivity index (χ4v) is 0.303. The van der Waals surface area contributed by atoms with Crippen LogP contribution in [0.2, 0.25) is 0 Å². The van der Waals surface area contributed by atoms with Crippen molar-refractivity contribution in [2.45, 2.75) is 6.92 Å². The lowest BCUT2D eigenvalue weighted by molar-refractivity contribution is -0.126. The van der Waals surface area contributed by atoms with Crippen LogP contribution >= 0.6 is 0 Å². The van der Waals surface area contributed by atoms with E-state index in [1.165, 1.54) is 6.92 Å². The molecule has 0 fully saturated rings. The molecule has 0 aliphatic carbocycles. The van der Waals surface area contributed by atoms with Crippen molar-refractivity contribution in [1.29, 1.82) is 0 Å². The van der Waals surface area contributed by atoms with Crippen LogP contribution in [-0.4, -0.2) is 11.8 Å². The first-order chi connectivity index (χ1) is 4.16. The Labute approximate surface area is 52.7 Å². The summed E-state index contributed by atoms with van der Waals surface area (Å²) in [5.74, 6) is -0.886. The smallest absolute Gasteiger partial charge is 0.251 e. The first-order valence-corrected chi connectivity index (χ1v) is 2.36. The molecule has 0 bridgehead atoms. The average molecular weight is 128 g/mol. The van der Waals surface area contributed by atoms with Gasteiger partial charge in [0.15, 0.2) is 0 Å². The summed E-state index contributed by atoms with van der Waals surface area (Å²) in [7, 11) is 0. The van der Waals surface area contributed by atoms with E-state index in [1.54, 1.807) is 0 Å². The van der Waals surface area contributed by atoms with Gasteiger partial charge in [0.1, 0.15) is 0 Å². The maximum atomic E-state index is 10.4. The quantitative estimate of drug-likeness (QED) is 0.450. The summed E-state index contributed by atoms with van der Waals surface area (Å²) in [5.41, 5.74) is 4.85. The number of hydrogen-bond acceptors (Lipinski definition) is 3. The molecule has 0 atom stereocenters. The number of amides is 2. The van der Waals surface area contributed by atoms with E-state index < -0.39 is 11.8 Å². The summed E-state index contributed by atoms with van der Waals surface area (Å²) in [5, 5.41) is 2.00. The topological polar surface area (TPSA) is 72.2 Å². The molecule has 0 unspecified atom stereocenters. The molecule has 4 heteroatoms. The maximum absolute atomic E-state index is 10.4. The van der Waals surface area contributed by atoms with E-state index in [4.69, 9.17) is 5.73 Å². The third kappa shape index (κ3) is 4.53. The lowest BCUT2D eigenvalue weighted by Crippen LogP contribution is -2.26. The van der Waals surface area contributed by atoms with Gasteiger partial charge in [0, 0.05) is 13.0 Å². The van der Waals surface area contributed by atoms with Crippen molar-refractivity contribution in [3.05, 3.63) is 12.3 Å². The van der Waals surface area contributed by atoms with Crippen LogP contribution in [0, 0.1) is 0 Å². The second-order valence-electron chi connectivity index (χ2n) is 1.40. The lowest BCUT2D eigenvalue weighted by Gasteiger charge is -1.90. The van der Waals surface area contributed by atoms with E-state index in [2.05, 4.69) is 0 Å². The first-order valence-electron chi connectivity index (χ1n) is 2.36. The zero-order chi connectivity index (χ0) is 7.28. The third-order valence-corrected chi connectivity index (χ3v) is 0.547. The standard InChI is InChI=1S/C5H8N2O2/c1-4(8)7-5(9)2-3-6/h2-3H,6H2,1H3,(H,7,8,9)/b3-2-. The number of carbonyl (C=O) groups excluding carboxylic acids is 2. The Morgan fingerprint density at radius 2 is 2.11 bits per heavy atom. The SMILES string of the molecule is CC(=O)NC(=O)/C=C\N. The average Bonchev–Trinajstić information content (AvgIpc) is 1.63. The molecule has 0 aliphatic heterocycles. The minimum Gasteiger partial charge on any atom is -0.404 e. The lowest BCUT2D eigenvalue weighted by atomic mass is 10.5. The largest absolute Gasteiger partial charge is 0.404 e. The van der Waals surface area contributed by atoms with Gasteiger partial charge in [-0.15, -0.1) is 0 Å². The fraction of sp³-hybridized carbons (Fsp3) is 0.200. The van der Waals surface area contributed by atoms with Crippen molar-refractivity contribution in [2.24, 2.45) is 5.73 Å². The number of nitrogens with two attached hydrogens (primary N) is 1. The van der Waals surface area contributed by atoms with Crippen LogP contribution in [0.3, 0.4) is 0 Å². The number of rotatable bonds is 1. The minimum absolute atomic E-state index is 0.391. The highest BCUT2D eigenvalue weighted by atomic mass is 16.2. The Bertz CT molecular complexity index is 151. The highest BCUT2D eigenvalue weighted by Crippen LogP contribution is 1.67. The molecule has 0 aliphatic rings. The Hall–Kier alpha value is -1.32. The molecule has 4 nitrogen and oxygen atoms in total. The summed E-state index contributed by atoms with van der Waals surface area (Å²) in [6, 6.07) is 0. The van der Waals surface area contributed by atoms with Gasteiger partial charge < -0.3 is 5.73 Å². The monoisotopic (exact) mass is 128 g/mol. The molecule has 0 saturated heterocycles. The van der Waals surface area contributed by atoms with Crippen LogP contribution in [-0.2, 0) is 9.59 Å². The number of carbonyl (C=O) groups is 2. The summed E-state index contributed by atoms with van der Waals surface area (Å²) in [6.45, 7) is 1.25. The Kier molecular flexibility index (Phi) is 3.12. The van der Waals surface area contributed by atoms with Gasteiger partial charge in [0.2, 0.25) is 5.91 Å². The summed E-state index contributed by atoms with van der Waals surface area (Å²) < 4.78 is 0. The van der Waals surface area contributed by atoms with E-state index in [1.807, 2.05) is 5.32 Å². The molecule has 0 heterocycles. The Morgan fingerprint density at radius 1 is 1.56 bits per heavy atom. The molecular formula is C5H8N2O2. The number of imide groups is 1. The van der Waals surface area contributed by atoms with Crippen molar-refractivity contribution in [3.63, 3.8) is 0 Å². The second-order valence-corrected chi connectivity index (χ2v) is 1.40. The predicted molar refractivity (Wildman–Crippen MR) is 32.2 cm³/mol.